The maximum Gasteiger partial charge on any atom is -0.0184 e. The van der Waals surface area contributed by atoms with E-state index in [1.165, 1.54) is 19.3 Å². The molecule has 14 heavy (non-hydrogen) atoms. The maximum absolute atomic E-state index is 2.59. The minimum absolute atomic E-state index is 0.678. The number of rotatable bonds is 0. The fourth-order valence-electron chi connectivity index (χ4n) is 6.03. The van der Waals surface area contributed by atoms with E-state index in [1.807, 2.05) is 0 Å². The zero-order valence-corrected chi connectivity index (χ0v) is 10.4. The molecule has 4 fully saturated rings. The van der Waals surface area contributed by atoms with Crippen molar-refractivity contribution in [2.24, 2.45) is 34.0 Å². The molecule has 4 aliphatic carbocycles. The predicted molar refractivity (Wildman–Crippen MR) is 60.0 cm³/mol. The Morgan fingerprint density at radius 2 is 1.57 bits per heavy atom. The van der Waals surface area contributed by atoms with Gasteiger partial charge in [0.1, 0.15) is 0 Å². The van der Waals surface area contributed by atoms with Gasteiger partial charge in [0.15, 0.2) is 0 Å². The first-order valence-electron chi connectivity index (χ1n) is 6.38. The van der Waals surface area contributed by atoms with Crippen LogP contribution in [0, 0.1) is 34.0 Å². The topological polar surface area (TPSA) is 0 Å². The second-order valence-corrected chi connectivity index (χ2v) is 7.10. The molecule has 4 rings (SSSR count). The van der Waals surface area contributed by atoms with Crippen LogP contribution in [0.25, 0.3) is 0 Å². The largest absolute Gasteiger partial charge is 0.0620 e. The van der Waals surface area contributed by atoms with E-state index in [-0.39, 0.29) is 0 Å². The Balaban J connectivity index is 2.07. The minimum Gasteiger partial charge on any atom is -0.0620 e. The Bertz CT molecular complexity index is 278. The van der Waals surface area contributed by atoms with Gasteiger partial charge in [0.2, 0.25) is 0 Å². The van der Waals surface area contributed by atoms with Crippen LogP contribution >= 0.6 is 0 Å². The first-order valence-corrected chi connectivity index (χ1v) is 6.38. The molecule has 4 saturated carbocycles. The molecule has 6 atom stereocenters. The van der Waals surface area contributed by atoms with Crippen LogP contribution in [0.2, 0.25) is 0 Å². The smallest absolute Gasteiger partial charge is 0.0184 e. The standard InChI is InChI=1S/C14H24/c1-9-6-10(2)14-7-11(3)13(14,5)12(9,4)8-14/h9-11H,6-8H2,1-5H3. The molecule has 2 bridgehead atoms. The molecular formula is C14H24. The molecule has 80 valence electrons. The lowest BCUT2D eigenvalue weighted by Gasteiger charge is -2.86. The highest BCUT2D eigenvalue weighted by Crippen LogP contribution is 2.88. The summed E-state index contributed by atoms with van der Waals surface area (Å²) in [5.74, 6) is 2.92. The Kier molecular flexibility index (Phi) is 1.37. The molecule has 0 radical (unpaired) electrons. The normalized spacial score (nSPS) is 70.5. The zero-order valence-electron chi connectivity index (χ0n) is 10.4. The lowest BCUT2D eigenvalue weighted by atomic mass is 9.18. The van der Waals surface area contributed by atoms with Gasteiger partial charge in [-0.1, -0.05) is 34.6 Å². The Morgan fingerprint density at radius 3 is 2.14 bits per heavy atom. The highest BCUT2D eigenvalue weighted by atomic mass is 14.8. The molecule has 0 heterocycles. The van der Waals surface area contributed by atoms with Gasteiger partial charge in [0.05, 0.1) is 0 Å². The number of hydrogen-bond acceptors (Lipinski definition) is 0. The molecule has 1 spiro atoms. The van der Waals surface area contributed by atoms with Crippen LogP contribution in [0.1, 0.15) is 53.9 Å². The summed E-state index contributed by atoms with van der Waals surface area (Å²) >= 11 is 0. The summed E-state index contributed by atoms with van der Waals surface area (Å²) in [6, 6.07) is 0. The molecule has 6 unspecified atom stereocenters. The van der Waals surface area contributed by atoms with Crippen molar-refractivity contribution in [1.29, 1.82) is 0 Å². The van der Waals surface area contributed by atoms with Crippen molar-refractivity contribution >= 4 is 0 Å². The van der Waals surface area contributed by atoms with Crippen molar-refractivity contribution in [2.45, 2.75) is 53.9 Å². The Labute approximate surface area is 88.5 Å². The van der Waals surface area contributed by atoms with Crippen LogP contribution in [-0.2, 0) is 0 Å². The van der Waals surface area contributed by atoms with E-state index in [9.17, 15) is 0 Å². The Hall–Kier alpha value is 0. The molecule has 4 aliphatic rings. The molecule has 0 amide bonds. The summed E-state index contributed by atoms with van der Waals surface area (Å²) < 4.78 is 0. The first kappa shape index (κ1) is 9.24. The van der Waals surface area contributed by atoms with Crippen molar-refractivity contribution in [3.05, 3.63) is 0 Å². The van der Waals surface area contributed by atoms with Crippen LogP contribution in [0.3, 0.4) is 0 Å². The van der Waals surface area contributed by atoms with Crippen molar-refractivity contribution in [1.82, 2.24) is 0 Å². The second kappa shape index (κ2) is 2.08. The third-order valence-electron chi connectivity index (χ3n) is 7.30. The average Bonchev–Trinajstić information content (AvgIpc) is 2.12. The zero-order chi connectivity index (χ0) is 10.4. The fourth-order valence-corrected chi connectivity index (χ4v) is 6.03. The van der Waals surface area contributed by atoms with Gasteiger partial charge in [-0.05, 0) is 53.3 Å². The molecular weight excluding hydrogens is 168 g/mol. The summed E-state index contributed by atoms with van der Waals surface area (Å²) in [6.45, 7) is 12.7. The van der Waals surface area contributed by atoms with Gasteiger partial charge >= 0.3 is 0 Å². The van der Waals surface area contributed by atoms with Gasteiger partial charge in [-0.3, -0.25) is 0 Å². The minimum atomic E-state index is 0.678. The number of fused-ring (bicyclic) bond motifs is 2. The lowest BCUT2D eigenvalue weighted by molar-refractivity contribution is -0.378. The molecule has 0 saturated heterocycles. The molecule has 0 aliphatic heterocycles. The van der Waals surface area contributed by atoms with E-state index in [0.29, 0.717) is 10.8 Å². The number of hydrogen-bond donors (Lipinski definition) is 0. The van der Waals surface area contributed by atoms with Crippen LogP contribution in [-0.4, -0.2) is 0 Å². The van der Waals surface area contributed by atoms with Crippen LogP contribution in [0.5, 0.6) is 0 Å². The molecule has 0 aromatic carbocycles. The van der Waals surface area contributed by atoms with E-state index in [4.69, 9.17) is 0 Å². The molecule has 0 heteroatoms. The highest BCUT2D eigenvalue weighted by Gasteiger charge is 2.81. The van der Waals surface area contributed by atoms with E-state index >= 15 is 0 Å². The van der Waals surface area contributed by atoms with Gasteiger partial charge in [-0.15, -0.1) is 0 Å². The second-order valence-electron chi connectivity index (χ2n) is 7.10. The molecule has 0 aromatic heterocycles. The monoisotopic (exact) mass is 192 g/mol. The van der Waals surface area contributed by atoms with Gasteiger partial charge in [0.25, 0.3) is 0 Å². The fraction of sp³-hybridized carbons (Fsp3) is 1.00. The first-order chi connectivity index (χ1) is 6.38. The van der Waals surface area contributed by atoms with Crippen LogP contribution in [0.4, 0.5) is 0 Å². The Morgan fingerprint density at radius 1 is 0.929 bits per heavy atom. The van der Waals surface area contributed by atoms with Crippen molar-refractivity contribution < 1.29 is 0 Å². The predicted octanol–water partition coefficient (Wildman–Crippen LogP) is 4.10. The van der Waals surface area contributed by atoms with E-state index < -0.39 is 0 Å². The molecule has 0 aromatic rings. The summed E-state index contributed by atoms with van der Waals surface area (Å²) in [5, 5.41) is 0. The van der Waals surface area contributed by atoms with Gasteiger partial charge in [0, 0.05) is 0 Å². The van der Waals surface area contributed by atoms with E-state index in [0.717, 1.165) is 23.2 Å². The third kappa shape index (κ3) is 0.558. The van der Waals surface area contributed by atoms with Crippen LogP contribution < -0.4 is 0 Å². The SMILES string of the molecule is CC1CC(C)C23CC(C)C2(C)C1(C)C3. The maximum atomic E-state index is 2.59. The summed E-state index contributed by atoms with van der Waals surface area (Å²) in [4.78, 5) is 0. The van der Waals surface area contributed by atoms with E-state index in [2.05, 4.69) is 34.6 Å². The van der Waals surface area contributed by atoms with Crippen LogP contribution in [0.15, 0.2) is 0 Å². The third-order valence-corrected chi connectivity index (χ3v) is 7.30. The lowest BCUT2D eigenvalue weighted by Crippen LogP contribution is -2.79. The van der Waals surface area contributed by atoms with E-state index in [1.54, 1.807) is 0 Å². The quantitative estimate of drug-likeness (QED) is 0.542. The molecule has 0 nitrogen and oxygen atoms in total. The van der Waals surface area contributed by atoms with Crippen molar-refractivity contribution in [3.8, 4) is 0 Å². The van der Waals surface area contributed by atoms with Crippen molar-refractivity contribution in [2.75, 3.05) is 0 Å². The van der Waals surface area contributed by atoms with Gasteiger partial charge in [-0.2, -0.15) is 0 Å². The van der Waals surface area contributed by atoms with Gasteiger partial charge in [-0.25, -0.2) is 0 Å². The highest BCUT2D eigenvalue weighted by molar-refractivity contribution is 5.29. The van der Waals surface area contributed by atoms with Crippen molar-refractivity contribution in [3.63, 3.8) is 0 Å². The summed E-state index contributed by atoms with van der Waals surface area (Å²) in [5.41, 5.74) is 2.14. The summed E-state index contributed by atoms with van der Waals surface area (Å²) in [7, 11) is 0. The average molecular weight is 192 g/mol. The summed E-state index contributed by atoms with van der Waals surface area (Å²) in [6.07, 6.45) is 4.54. The van der Waals surface area contributed by atoms with Gasteiger partial charge < -0.3 is 0 Å². The molecule has 0 N–H and O–H groups in total.